The smallest absolute Gasteiger partial charge is 0.258 e. The summed E-state index contributed by atoms with van der Waals surface area (Å²) in [5.41, 5.74) is 2.71. The Labute approximate surface area is 129 Å². The van der Waals surface area contributed by atoms with Crippen molar-refractivity contribution in [2.24, 2.45) is 5.92 Å². The molecule has 2 atom stereocenters. The lowest BCUT2D eigenvalue weighted by Gasteiger charge is -2.06. The number of carbonyl (C=O) groups excluding carboxylic acids is 1. The van der Waals surface area contributed by atoms with Crippen molar-refractivity contribution < 1.29 is 4.79 Å². The van der Waals surface area contributed by atoms with Crippen LogP contribution in [0.1, 0.15) is 41.1 Å². The fourth-order valence-electron chi connectivity index (χ4n) is 2.82. The predicted octanol–water partition coefficient (Wildman–Crippen LogP) is 2.52. The first kappa shape index (κ1) is 13.5. The summed E-state index contributed by atoms with van der Waals surface area (Å²) < 4.78 is 0. The van der Waals surface area contributed by atoms with E-state index >= 15 is 0 Å². The average molecular weight is 296 g/mol. The van der Waals surface area contributed by atoms with Crippen molar-refractivity contribution >= 4 is 11.6 Å². The van der Waals surface area contributed by atoms with Gasteiger partial charge in [-0.05, 0) is 49.4 Å². The molecule has 2 aliphatic carbocycles. The summed E-state index contributed by atoms with van der Waals surface area (Å²) in [7, 11) is 0. The van der Waals surface area contributed by atoms with Crippen LogP contribution in [0.2, 0.25) is 0 Å². The second-order valence-corrected chi connectivity index (χ2v) is 6.36. The fourth-order valence-corrected chi connectivity index (χ4v) is 2.82. The maximum Gasteiger partial charge on any atom is 0.258 e. The molecule has 1 heterocycles. The quantitative estimate of drug-likeness (QED) is 0.767. The number of anilines is 1. The van der Waals surface area contributed by atoms with E-state index in [1.165, 1.54) is 37.6 Å². The highest BCUT2D eigenvalue weighted by Gasteiger charge is 2.38. The maximum atomic E-state index is 11.9. The molecular formula is C17H20N4O. The van der Waals surface area contributed by atoms with E-state index in [-0.39, 0.29) is 5.91 Å². The molecule has 0 bridgehead atoms. The molecule has 2 aliphatic rings. The SMILES string of the molecule is O=C(Nc1ccc([C@H]2C[C@@H]2NCC2CC2)cc1)c1cn[nH]c1. The molecule has 0 radical (unpaired) electrons. The van der Waals surface area contributed by atoms with E-state index in [1.807, 2.05) is 12.1 Å². The van der Waals surface area contributed by atoms with Crippen molar-refractivity contribution in [2.45, 2.75) is 31.2 Å². The molecule has 1 aromatic heterocycles. The van der Waals surface area contributed by atoms with Gasteiger partial charge in [-0.1, -0.05) is 12.1 Å². The van der Waals surface area contributed by atoms with Crippen molar-refractivity contribution in [2.75, 3.05) is 11.9 Å². The van der Waals surface area contributed by atoms with Crippen LogP contribution in [0.15, 0.2) is 36.7 Å². The van der Waals surface area contributed by atoms with E-state index in [9.17, 15) is 4.79 Å². The van der Waals surface area contributed by atoms with Crippen LogP contribution in [-0.4, -0.2) is 28.7 Å². The van der Waals surface area contributed by atoms with Crippen LogP contribution in [0.3, 0.4) is 0 Å². The normalized spacial score (nSPS) is 23.3. The highest BCUT2D eigenvalue weighted by molar-refractivity contribution is 6.03. The number of hydrogen-bond donors (Lipinski definition) is 3. The number of H-pyrrole nitrogens is 1. The van der Waals surface area contributed by atoms with E-state index in [0.717, 1.165) is 11.6 Å². The van der Waals surface area contributed by atoms with Gasteiger partial charge in [0.25, 0.3) is 5.91 Å². The van der Waals surface area contributed by atoms with Gasteiger partial charge in [0.05, 0.1) is 11.8 Å². The third-order valence-electron chi connectivity index (χ3n) is 4.51. The van der Waals surface area contributed by atoms with Crippen molar-refractivity contribution in [1.82, 2.24) is 15.5 Å². The lowest BCUT2D eigenvalue weighted by atomic mass is 10.1. The molecule has 3 N–H and O–H groups in total. The molecule has 114 valence electrons. The predicted molar refractivity (Wildman–Crippen MR) is 84.9 cm³/mol. The Hall–Kier alpha value is -2.14. The molecule has 0 saturated heterocycles. The van der Waals surface area contributed by atoms with E-state index in [1.54, 1.807) is 6.20 Å². The Kier molecular flexibility index (Phi) is 3.42. The van der Waals surface area contributed by atoms with Crippen LogP contribution in [0.25, 0.3) is 0 Å². The number of nitrogens with zero attached hydrogens (tertiary/aromatic N) is 1. The molecular weight excluding hydrogens is 276 g/mol. The summed E-state index contributed by atoms with van der Waals surface area (Å²) >= 11 is 0. The van der Waals surface area contributed by atoms with Crippen molar-refractivity contribution in [3.63, 3.8) is 0 Å². The Morgan fingerprint density at radius 1 is 1.27 bits per heavy atom. The number of aromatic nitrogens is 2. The number of benzene rings is 1. The van der Waals surface area contributed by atoms with E-state index in [4.69, 9.17) is 0 Å². The number of rotatable bonds is 6. The highest BCUT2D eigenvalue weighted by Crippen LogP contribution is 2.41. The van der Waals surface area contributed by atoms with Gasteiger partial charge in [0, 0.05) is 23.8 Å². The first-order valence-corrected chi connectivity index (χ1v) is 7.93. The summed E-state index contributed by atoms with van der Waals surface area (Å²) in [5, 5.41) is 12.9. The number of hydrogen-bond acceptors (Lipinski definition) is 3. The zero-order valence-electron chi connectivity index (χ0n) is 12.4. The van der Waals surface area contributed by atoms with Gasteiger partial charge in [0.15, 0.2) is 0 Å². The van der Waals surface area contributed by atoms with E-state index in [0.29, 0.717) is 17.5 Å². The third kappa shape index (κ3) is 3.04. The van der Waals surface area contributed by atoms with Crippen molar-refractivity contribution in [3.8, 4) is 0 Å². The molecule has 1 aromatic carbocycles. The zero-order chi connectivity index (χ0) is 14.9. The molecule has 22 heavy (non-hydrogen) atoms. The van der Waals surface area contributed by atoms with E-state index < -0.39 is 0 Å². The Bertz CT molecular complexity index is 646. The van der Waals surface area contributed by atoms with Crippen LogP contribution < -0.4 is 10.6 Å². The number of amides is 1. The van der Waals surface area contributed by atoms with Crippen molar-refractivity contribution in [1.29, 1.82) is 0 Å². The van der Waals surface area contributed by atoms with Gasteiger partial charge < -0.3 is 10.6 Å². The monoisotopic (exact) mass is 296 g/mol. The average Bonchev–Trinajstić information content (AvgIpc) is 3.44. The topological polar surface area (TPSA) is 69.8 Å². The highest BCUT2D eigenvalue weighted by atomic mass is 16.1. The molecule has 5 heteroatoms. The van der Waals surface area contributed by atoms with Gasteiger partial charge >= 0.3 is 0 Å². The van der Waals surface area contributed by atoms with Crippen LogP contribution in [0, 0.1) is 5.92 Å². The number of aromatic amines is 1. The van der Waals surface area contributed by atoms with Gasteiger partial charge in [0.2, 0.25) is 0 Å². The van der Waals surface area contributed by atoms with Gasteiger partial charge in [-0.15, -0.1) is 0 Å². The number of carbonyl (C=O) groups is 1. The summed E-state index contributed by atoms with van der Waals surface area (Å²) in [6.45, 7) is 1.18. The molecule has 0 unspecified atom stereocenters. The molecule has 4 rings (SSSR count). The number of nitrogens with one attached hydrogen (secondary N) is 3. The second-order valence-electron chi connectivity index (χ2n) is 6.36. The minimum absolute atomic E-state index is 0.142. The second kappa shape index (κ2) is 5.57. The van der Waals surface area contributed by atoms with Crippen LogP contribution >= 0.6 is 0 Å². The van der Waals surface area contributed by atoms with Crippen LogP contribution in [0.4, 0.5) is 5.69 Å². The summed E-state index contributed by atoms with van der Waals surface area (Å²) in [6, 6.07) is 8.84. The minimum Gasteiger partial charge on any atom is -0.322 e. The first-order chi connectivity index (χ1) is 10.8. The van der Waals surface area contributed by atoms with Gasteiger partial charge in [-0.2, -0.15) is 5.10 Å². The largest absolute Gasteiger partial charge is 0.322 e. The van der Waals surface area contributed by atoms with Gasteiger partial charge in [0.1, 0.15) is 0 Å². The third-order valence-corrected chi connectivity index (χ3v) is 4.51. The lowest BCUT2D eigenvalue weighted by Crippen LogP contribution is -2.20. The van der Waals surface area contributed by atoms with Gasteiger partial charge in [-0.3, -0.25) is 9.89 Å². The maximum absolute atomic E-state index is 11.9. The van der Waals surface area contributed by atoms with Crippen molar-refractivity contribution in [3.05, 3.63) is 47.8 Å². The Balaban J connectivity index is 1.32. The van der Waals surface area contributed by atoms with E-state index in [2.05, 4.69) is 33.0 Å². The lowest BCUT2D eigenvalue weighted by molar-refractivity contribution is 0.102. The molecule has 0 aliphatic heterocycles. The molecule has 0 spiro atoms. The zero-order valence-corrected chi connectivity index (χ0v) is 12.4. The Morgan fingerprint density at radius 2 is 2.09 bits per heavy atom. The summed E-state index contributed by atoms with van der Waals surface area (Å²) in [4.78, 5) is 11.9. The molecule has 5 nitrogen and oxygen atoms in total. The van der Waals surface area contributed by atoms with Crippen LogP contribution in [-0.2, 0) is 0 Å². The first-order valence-electron chi connectivity index (χ1n) is 7.93. The standard InChI is InChI=1S/C17H20N4O/c22-17(13-9-19-20-10-13)21-14-5-3-12(4-6-14)15-7-16(15)18-8-11-1-2-11/h3-6,9-11,15-16,18H,1-2,7-8H2,(H,19,20)(H,21,22)/t15-,16+/m1/s1. The minimum atomic E-state index is -0.142. The van der Waals surface area contributed by atoms with Crippen LogP contribution in [0.5, 0.6) is 0 Å². The summed E-state index contributed by atoms with van der Waals surface area (Å²) in [6.07, 6.45) is 7.13. The molecule has 2 fully saturated rings. The summed E-state index contributed by atoms with van der Waals surface area (Å²) in [5.74, 6) is 1.43. The fraction of sp³-hybridized carbons (Fsp3) is 0.412. The Morgan fingerprint density at radius 3 is 2.77 bits per heavy atom. The molecule has 2 saturated carbocycles. The molecule has 2 aromatic rings. The van der Waals surface area contributed by atoms with Gasteiger partial charge in [-0.25, -0.2) is 0 Å². The molecule has 1 amide bonds.